The molecule has 40 heavy (non-hydrogen) atoms. The molecule has 0 amide bonds. The van der Waals surface area contributed by atoms with Crippen LogP contribution < -0.4 is 5.32 Å². The van der Waals surface area contributed by atoms with E-state index in [1.54, 1.807) is 18.2 Å². The number of carbonyl (C=O) groups excluding carboxylic acids is 1. The summed E-state index contributed by atoms with van der Waals surface area (Å²) >= 11 is 0. The van der Waals surface area contributed by atoms with Gasteiger partial charge in [0.1, 0.15) is 11.5 Å². The van der Waals surface area contributed by atoms with Crippen molar-refractivity contribution in [3.05, 3.63) is 57.6 Å². The lowest BCUT2D eigenvalue weighted by atomic mass is 9.90. The van der Waals surface area contributed by atoms with Crippen molar-refractivity contribution in [3.63, 3.8) is 0 Å². The number of aryl methyl sites for hydroxylation is 1. The number of benzene rings is 2. The minimum absolute atomic E-state index is 0.0210. The van der Waals surface area contributed by atoms with Crippen molar-refractivity contribution in [1.82, 2.24) is 19.9 Å². The average molecular weight is 545 g/mol. The number of rotatable bonds is 6. The zero-order chi connectivity index (χ0) is 27.8. The molecule has 1 saturated heterocycles. The standard InChI is InChI=1S/C29H32N6O5/c1-17-14-19(29(36)39-2)16-23-24(17)25-27(30-20-6-8-21(9-7-20)34-10-12-40-13-11-34)32-26(33-28(25)31-23)18-4-3-5-22(15-18)35(37)38/h3-5,14-16,20-21H,6-13H2,1-2H3,(H2,30,31,32,33). The van der Waals surface area contributed by atoms with Gasteiger partial charge in [0.25, 0.3) is 5.69 Å². The van der Waals surface area contributed by atoms with E-state index in [2.05, 4.69) is 15.2 Å². The van der Waals surface area contributed by atoms with Crippen molar-refractivity contribution in [3.8, 4) is 11.4 Å². The summed E-state index contributed by atoms with van der Waals surface area (Å²) in [6, 6.07) is 10.7. The van der Waals surface area contributed by atoms with Gasteiger partial charge in [0.05, 0.1) is 36.2 Å². The van der Waals surface area contributed by atoms with E-state index in [0.29, 0.717) is 34.5 Å². The van der Waals surface area contributed by atoms with Gasteiger partial charge in [-0.3, -0.25) is 15.0 Å². The normalized spacial score (nSPS) is 20.1. The molecule has 11 nitrogen and oxygen atoms in total. The number of esters is 1. The number of ether oxygens (including phenoxy) is 2. The van der Waals surface area contributed by atoms with E-state index in [-0.39, 0.29) is 11.7 Å². The molecule has 0 radical (unpaired) electrons. The summed E-state index contributed by atoms with van der Waals surface area (Å²) in [5.41, 5.74) is 3.23. The second kappa shape index (κ2) is 10.8. The SMILES string of the molecule is COC(=O)c1cc(C)c2c(c1)[nH]c1nc(-c3cccc([N+](=O)[O-])c3)nc(NC3CCC(N4CCOCC4)CC3)c12. The van der Waals surface area contributed by atoms with E-state index in [1.165, 1.54) is 19.2 Å². The first-order chi connectivity index (χ1) is 19.4. The first kappa shape index (κ1) is 26.1. The summed E-state index contributed by atoms with van der Waals surface area (Å²) in [5, 5.41) is 16.9. The molecule has 0 atom stereocenters. The number of H-pyrrole nitrogens is 1. The Balaban J connectivity index is 1.40. The Morgan fingerprint density at radius 3 is 2.62 bits per heavy atom. The quantitative estimate of drug-likeness (QED) is 0.199. The Labute approximate surface area is 231 Å². The number of morpholine rings is 1. The predicted octanol–water partition coefficient (Wildman–Crippen LogP) is 4.84. The zero-order valence-corrected chi connectivity index (χ0v) is 22.6. The van der Waals surface area contributed by atoms with Crippen LogP contribution in [-0.2, 0) is 9.47 Å². The number of aromatic nitrogens is 3. The molecule has 2 aliphatic rings. The van der Waals surface area contributed by atoms with Crippen LogP contribution in [0.2, 0.25) is 0 Å². The maximum atomic E-state index is 12.3. The monoisotopic (exact) mass is 544 g/mol. The molecule has 0 bridgehead atoms. The number of aromatic amines is 1. The molecule has 2 N–H and O–H groups in total. The van der Waals surface area contributed by atoms with Crippen LogP contribution in [0.4, 0.5) is 11.5 Å². The molecule has 6 rings (SSSR count). The summed E-state index contributed by atoms with van der Waals surface area (Å²) < 4.78 is 10.5. The number of fused-ring (bicyclic) bond motifs is 3. The van der Waals surface area contributed by atoms with Crippen LogP contribution in [0.1, 0.15) is 41.6 Å². The Morgan fingerprint density at radius 2 is 1.90 bits per heavy atom. The highest BCUT2D eigenvalue weighted by molar-refractivity contribution is 6.14. The number of nitrogens with one attached hydrogen (secondary N) is 2. The van der Waals surface area contributed by atoms with E-state index in [4.69, 9.17) is 19.4 Å². The molecule has 0 spiro atoms. The van der Waals surface area contributed by atoms with Gasteiger partial charge in [-0.05, 0) is 50.3 Å². The van der Waals surface area contributed by atoms with Gasteiger partial charge in [0, 0.05) is 53.8 Å². The average Bonchev–Trinajstić information content (AvgIpc) is 3.37. The lowest BCUT2D eigenvalue weighted by Gasteiger charge is -2.39. The highest BCUT2D eigenvalue weighted by atomic mass is 16.6. The maximum Gasteiger partial charge on any atom is 0.337 e. The first-order valence-corrected chi connectivity index (χ1v) is 13.7. The highest BCUT2D eigenvalue weighted by Crippen LogP contribution is 2.36. The number of nitrogens with zero attached hydrogens (tertiary/aromatic N) is 4. The molecule has 208 valence electrons. The fourth-order valence-electron chi connectivity index (χ4n) is 6.08. The molecular weight excluding hydrogens is 512 g/mol. The summed E-state index contributed by atoms with van der Waals surface area (Å²) in [6.07, 6.45) is 4.21. The van der Waals surface area contributed by atoms with Crippen LogP contribution in [0, 0.1) is 17.0 Å². The lowest BCUT2D eigenvalue weighted by molar-refractivity contribution is -0.384. The van der Waals surface area contributed by atoms with Crippen molar-refractivity contribution >= 4 is 39.4 Å². The van der Waals surface area contributed by atoms with E-state index >= 15 is 0 Å². The Hall–Kier alpha value is -4.09. The third kappa shape index (κ3) is 4.98. The van der Waals surface area contributed by atoms with Gasteiger partial charge in [-0.1, -0.05) is 12.1 Å². The third-order valence-corrected chi connectivity index (χ3v) is 8.08. The topological polar surface area (TPSA) is 136 Å². The number of hydrogen-bond acceptors (Lipinski definition) is 9. The molecule has 1 aliphatic carbocycles. The Kier molecular flexibility index (Phi) is 7.07. The second-order valence-electron chi connectivity index (χ2n) is 10.6. The minimum atomic E-state index is -0.422. The fourth-order valence-corrected chi connectivity index (χ4v) is 6.08. The van der Waals surface area contributed by atoms with Crippen molar-refractivity contribution in [2.24, 2.45) is 0 Å². The molecule has 1 saturated carbocycles. The van der Waals surface area contributed by atoms with Crippen LogP contribution >= 0.6 is 0 Å². The van der Waals surface area contributed by atoms with Crippen molar-refractivity contribution in [1.29, 1.82) is 0 Å². The van der Waals surface area contributed by atoms with Crippen molar-refractivity contribution in [2.75, 3.05) is 38.7 Å². The number of hydrogen-bond donors (Lipinski definition) is 2. The van der Waals surface area contributed by atoms with Crippen LogP contribution in [0.15, 0.2) is 36.4 Å². The van der Waals surface area contributed by atoms with Crippen molar-refractivity contribution in [2.45, 2.75) is 44.7 Å². The van der Waals surface area contributed by atoms with Crippen LogP contribution in [0.3, 0.4) is 0 Å². The Bertz CT molecular complexity index is 1590. The fraction of sp³-hybridized carbons (Fsp3) is 0.414. The van der Waals surface area contributed by atoms with Gasteiger partial charge in [-0.25, -0.2) is 14.8 Å². The third-order valence-electron chi connectivity index (χ3n) is 8.08. The van der Waals surface area contributed by atoms with Gasteiger partial charge in [-0.2, -0.15) is 0 Å². The maximum absolute atomic E-state index is 12.3. The number of carbonyl (C=O) groups is 1. The van der Waals surface area contributed by atoms with Gasteiger partial charge in [-0.15, -0.1) is 0 Å². The molecule has 0 unspecified atom stereocenters. The van der Waals surface area contributed by atoms with E-state index in [9.17, 15) is 14.9 Å². The number of nitro benzene ring substituents is 1. The zero-order valence-electron chi connectivity index (χ0n) is 22.6. The van der Waals surface area contributed by atoms with E-state index in [0.717, 1.165) is 73.8 Å². The number of nitro groups is 1. The highest BCUT2D eigenvalue weighted by Gasteiger charge is 2.28. The second-order valence-corrected chi connectivity index (χ2v) is 10.6. The number of non-ortho nitro benzene ring substituents is 1. The summed E-state index contributed by atoms with van der Waals surface area (Å²) in [5.74, 6) is 0.655. The summed E-state index contributed by atoms with van der Waals surface area (Å²) in [7, 11) is 1.36. The van der Waals surface area contributed by atoms with Gasteiger partial charge < -0.3 is 19.8 Å². The molecule has 2 aromatic heterocycles. The van der Waals surface area contributed by atoms with Crippen molar-refractivity contribution < 1.29 is 19.2 Å². The summed E-state index contributed by atoms with van der Waals surface area (Å²) in [6.45, 7) is 5.53. The largest absolute Gasteiger partial charge is 0.465 e. The molecule has 3 heterocycles. The molecule has 11 heteroatoms. The Morgan fingerprint density at radius 1 is 1.12 bits per heavy atom. The number of anilines is 1. The number of methoxy groups -OCH3 is 1. The molecule has 2 aromatic carbocycles. The van der Waals surface area contributed by atoms with Gasteiger partial charge >= 0.3 is 5.97 Å². The molecule has 2 fully saturated rings. The minimum Gasteiger partial charge on any atom is -0.465 e. The summed E-state index contributed by atoms with van der Waals surface area (Å²) in [4.78, 5) is 38.9. The van der Waals surface area contributed by atoms with Gasteiger partial charge in [0.2, 0.25) is 0 Å². The van der Waals surface area contributed by atoms with Crippen LogP contribution in [-0.4, -0.2) is 76.2 Å². The first-order valence-electron chi connectivity index (χ1n) is 13.7. The van der Waals surface area contributed by atoms with Crippen LogP contribution in [0.5, 0.6) is 0 Å². The smallest absolute Gasteiger partial charge is 0.337 e. The molecule has 4 aromatic rings. The van der Waals surface area contributed by atoms with Gasteiger partial charge in [0.15, 0.2) is 5.82 Å². The molecule has 1 aliphatic heterocycles. The van der Waals surface area contributed by atoms with E-state index < -0.39 is 10.9 Å². The molecular formula is C29H32N6O5. The van der Waals surface area contributed by atoms with E-state index in [1.807, 2.05) is 13.0 Å². The lowest BCUT2D eigenvalue weighted by Crippen LogP contribution is -2.46. The predicted molar refractivity (Wildman–Crippen MR) is 152 cm³/mol. The van der Waals surface area contributed by atoms with Crippen LogP contribution in [0.25, 0.3) is 33.3 Å².